The van der Waals surface area contributed by atoms with E-state index < -0.39 is 28.0 Å². The molecule has 3 aromatic rings. The van der Waals surface area contributed by atoms with Gasteiger partial charge in [-0.15, -0.1) is 0 Å². The maximum atomic E-state index is 13.3. The van der Waals surface area contributed by atoms with Crippen molar-refractivity contribution in [2.45, 2.75) is 64.0 Å². The lowest BCUT2D eigenvalue weighted by Gasteiger charge is -2.51. The highest BCUT2D eigenvalue weighted by atomic mass is 28.3. The van der Waals surface area contributed by atoms with Crippen LogP contribution in [0, 0.1) is 11.8 Å². The molecule has 4 atom stereocenters. The van der Waals surface area contributed by atoms with Gasteiger partial charge in [0.15, 0.2) is 0 Å². The van der Waals surface area contributed by atoms with Crippen molar-refractivity contribution in [1.29, 1.82) is 0 Å². The number of carbonyl (C=O) groups excluding carboxylic acids is 2. The molecule has 37 heavy (non-hydrogen) atoms. The second kappa shape index (κ2) is 7.42. The number of ether oxygens (including phenoxy) is 1. The standard InChI is InChI=1S/C32H34O3Si2/c1-36(2,3)29-21-15-17-11-7-8-12-18(17)16-22(21)30(37(4,5)6)26-24-20-14-10-9-13-19(20)23(25(26)29)27-28(24)32(34)35-31(27)33/h7-14,23-24,27-28H,15-16H2,1-6H3/t23-,24+,27-,28+. The molecule has 0 saturated carbocycles. The van der Waals surface area contributed by atoms with Crippen molar-refractivity contribution in [2.75, 3.05) is 0 Å². The molecular formula is C32H34O3Si2. The number of benzene rings is 3. The monoisotopic (exact) mass is 522 g/mol. The Hall–Kier alpha value is -2.77. The summed E-state index contributed by atoms with van der Waals surface area (Å²) in [6.45, 7) is 14.8. The number of hydrogen-bond acceptors (Lipinski definition) is 3. The topological polar surface area (TPSA) is 43.4 Å². The van der Waals surface area contributed by atoms with Crippen LogP contribution in [0.3, 0.4) is 0 Å². The highest BCUT2D eigenvalue weighted by molar-refractivity contribution is 6.91. The molecule has 0 aromatic heterocycles. The largest absolute Gasteiger partial charge is 0.393 e. The third-order valence-electron chi connectivity index (χ3n) is 9.29. The predicted octanol–water partition coefficient (Wildman–Crippen LogP) is 5.18. The summed E-state index contributed by atoms with van der Waals surface area (Å²) in [5.41, 5.74) is 11.2. The molecule has 0 amide bonds. The van der Waals surface area contributed by atoms with Crippen LogP contribution in [0.25, 0.3) is 0 Å². The summed E-state index contributed by atoms with van der Waals surface area (Å²) in [5, 5.41) is 3.09. The van der Waals surface area contributed by atoms with E-state index in [2.05, 4.69) is 87.8 Å². The van der Waals surface area contributed by atoms with Crippen molar-refractivity contribution in [2.24, 2.45) is 11.8 Å². The van der Waals surface area contributed by atoms with E-state index in [1.165, 1.54) is 44.5 Å². The fourth-order valence-corrected chi connectivity index (χ4v) is 12.8. The minimum atomic E-state index is -1.86. The van der Waals surface area contributed by atoms with Crippen LogP contribution < -0.4 is 10.4 Å². The first-order valence-corrected chi connectivity index (χ1v) is 20.6. The smallest absolute Gasteiger partial charge is 0.318 e. The summed E-state index contributed by atoms with van der Waals surface area (Å²) in [7, 11) is -3.72. The molecule has 1 fully saturated rings. The molecule has 5 aliphatic rings. The van der Waals surface area contributed by atoms with E-state index in [0.29, 0.717) is 0 Å². The SMILES string of the molecule is C[Si](C)(C)c1c2c(c([Si](C)(C)C)c3c1[C@H]1c4ccccc4[C@@H]3[C@@H]3C(=O)OC(=O)[C@H]13)Cc1ccccc1C2. The van der Waals surface area contributed by atoms with Gasteiger partial charge in [-0.2, -0.15) is 0 Å². The minimum absolute atomic E-state index is 0.0977. The number of carbonyl (C=O) groups is 2. The van der Waals surface area contributed by atoms with Crippen molar-refractivity contribution in [1.82, 2.24) is 0 Å². The van der Waals surface area contributed by atoms with Crippen molar-refractivity contribution < 1.29 is 14.3 Å². The highest BCUT2D eigenvalue weighted by Crippen LogP contribution is 2.61. The lowest BCUT2D eigenvalue weighted by molar-refractivity contribution is -0.153. The van der Waals surface area contributed by atoms with Crippen LogP contribution in [0.5, 0.6) is 0 Å². The Labute approximate surface area is 221 Å². The van der Waals surface area contributed by atoms with Crippen molar-refractivity contribution in [3.63, 3.8) is 0 Å². The quantitative estimate of drug-likeness (QED) is 0.207. The van der Waals surface area contributed by atoms with E-state index >= 15 is 0 Å². The fraction of sp³-hybridized carbons (Fsp3) is 0.375. The molecule has 188 valence electrons. The zero-order valence-corrected chi connectivity index (χ0v) is 24.6. The van der Waals surface area contributed by atoms with Crippen LogP contribution >= 0.6 is 0 Å². The van der Waals surface area contributed by atoms with Gasteiger partial charge in [0.25, 0.3) is 0 Å². The molecule has 3 nitrogen and oxygen atoms in total. The number of rotatable bonds is 2. The number of cyclic esters (lactones) is 2. The Kier molecular flexibility index (Phi) is 4.68. The Morgan fingerprint density at radius 3 is 1.38 bits per heavy atom. The number of esters is 2. The first-order valence-electron chi connectivity index (χ1n) is 13.6. The van der Waals surface area contributed by atoms with Crippen LogP contribution in [0.15, 0.2) is 48.5 Å². The Morgan fingerprint density at radius 1 is 0.622 bits per heavy atom. The second-order valence-electron chi connectivity index (χ2n) is 13.5. The first kappa shape index (κ1) is 23.4. The van der Waals surface area contributed by atoms with Gasteiger partial charge in [0.2, 0.25) is 0 Å². The first-order chi connectivity index (χ1) is 17.5. The van der Waals surface area contributed by atoms with Gasteiger partial charge >= 0.3 is 11.9 Å². The van der Waals surface area contributed by atoms with Gasteiger partial charge in [-0.1, -0.05) is 98.2 Å². The molecule has 8 rings (SSSR count). The molecule has 1 aliphatic heterocycles. The normalized spacial score (nSPS) is 25.1. The van der Waals surface area contributed by atoms with Gasteiger partial charge < -0.3 is 4.74 Å². The molecular weight excluding hydrogens is 489 g/mol. The van der Waals surface area contributed by atoms with Gasteiger partial charge in [-0.3, -0.25) is 9.59 Å². The molecule has 1 heterocycles. The summed E-state index contributed by atoms with van der Waals surface area (Å²) >= 11 is 0. The highest BCUT2D eigenvalue weighted by Gasteiger charge is 2.62. The molecule has 0 N–H and O–H groups in total. The average molecular weight is 523 g/mol. The summed E-state index contributed by atoms with van der Waals surface area (Å²) in [6.07, 6.45) is 1.93. The van der Waals surface area contributed by atoms with Crippen molar-refractivity contribution in [3.05, 3.63) is 93.0 Å². The molecule has 0 spiro atoms. The maximum Gasteiger partial charge on any atom is 0.318 e. The third-order valence-corrected chi connectivity index (χ3v) is 13.4. The van der Waals surface area contributed by atoms with Crippen molar-refractivity contribution in [3.8, 4) is 0 Å². The molecule has 1 saturated heterocycles. The zero-order valence-electron chi connectivity index (χ0n) is 22.6. The Balaban J connectivity index is 1.66. The molecule has 2 bridgehead atoms. The molecule has 5 heteroatoms. The van der Waals surface area contributed by atoms with Gasteiger partial charge in [0.05, 0.1) is 28.0 Å². The summed E-state index contributed by atoms with van der Waals surface area (Å²) in [4.78, 5) is 26.6. The summed E-state index contributed by atoms with van der Waals surface area (Å²) in [6, 6.07) is 17.5. The van der Waals surface area contributed by atoms with Gasteiger partial charge in [-0.25, -0.2) is 0 Å². The number of fused-ring (bicyclic) bond motifs is 2. The summed E-state index contributed by atoms with van der Waals surface area (Å²) in [5.74, 6) is -1.63. The van der Waals surface area contributed by atoms with Gasteiger partial charge in [0, 0.05) is 11.8 Å². The Bertz CT molecular complexity index is 1430. The van der Waals surface area contributed by atoms with Crippen LogP contribution in [-0.4, -0.2) is 28.1 Å². The van der Waals surface area contributed by atoms with Gasteiger partial charge in [-0.05, 0) is 57.3 Å². The van der Waals surface area contributed by atoms with E-state index in [-0.39, 0.29) is 23.8 Å². The lowest BCUT2D eigenvalue weighted by atomic mass is 9.54. The van der Waals surface area contributed by atoms with E-state index in [4.69, 9.17) is 4.74 Å². The van der Waals surface area contributed by atoms with Crippen molar-refractivity contribution >= 4 is 38.5 Å². The van der Waals surface area contributed by atoms with Gasteiger partial charge in [0.1, 0.15) is 0 Å². The number of hydrogen-bond donors (Lipinski definition) is 0. The fourth-order valence-electron chi connectivity index (χ4n) is 8.28. The molecule has 0 radical (unpaired) electrons. The van der Waals surface area contributed by atoms with E-state index in [1.807, 2.05) is 0 Å². The molecule has 3 aromatic carbocycles. The van der Waals surface area contributed by atoms with Crippen LogP contribution in [-0.2, 0) is 27.2 Å². The van der Waals surface area contributed by atoms with E-state index in [1.54, 1.807) is 10.4 Å². The zero-order chi connectivity index (χ0) is 26.0. The lowest BCUT2D eigenvalue weighted by Crippen LogP contribution is -2.57. The minimum Gasteiger partial charge on any atom is -0.393 e. The predicted molar refractivity (Wildman–Crippen MR) is 153 cm³/mol. The van der Waals surface area contributed by atoms with E-state index in [0.717, 1.165) is 12.8 Å². The summed E-state index contributed by atoms with van der Waals surface area (Å²) < 4.78 is 5.42. The molecule has 4 aliphatic carbocycles. The molecule has 0 unspecified atom stereocenters. The third kappa shape index (κ3) is 3.04. The Morgan fingerprint density at radius 2 is 1.00 bits per heavy atom. The van der Waals surface area contributed by atoms with Crippen LogP contribution in [0.2, 0.25) is 39.3 Å². The average Bonchev–Trinajstić information content (AvgIpc) is 3.13. The second-order valence-corrected chi connectivity index (χ2v) is 23.5. The van der Waals surface area contributed by atoms with Crippen LogP contribution in [0.1, 0.15) is 56.3 Å². The van der Waals surface area contributed by atoms with Crippen LogP contribution in [0.4, 0.5) is 0 Å². The van der Waals surface area contributed by atoms with E-state index in [9.17, 15) is 9.59 Å². The maximum absolute atomic E-state index is 13.3.